The van der Waals surface area contributed by atoms with Crippen LogP contribution in [0.5, 0.6) is 0 Å². The topological polar surface area (TPSA) is 69.7 Å². The smallest absolute Gasteiger partial charge is 0.246 e. The van der Waals surface area contributed by atoms with Crippen LogP contribution in [0.25, 0.3) is 0 Å². The van der Waals surface area contributed by atoms with Crippen LogP contribution in [0.1, 0.15) is 38.5 Å². The number of imide groups is 1. The summed E-state index contributed by atoms with van der Waals surface area (Å²) in [6.07, 6.45) is 7.59. The SMILES string of the molecule is CSCC(C(=O)N1CC[C@@H]2CNC[C@@H]2CC1)N1C(=O)C2CCCCC2C1=O.Cl. The van der Waals surface area contributed by atoms with E-state index in [0.717, 1.165) is 64.7 Å². The fraction of sp³-hybridized carbons (Fsp3) is 0.850. The standard InChI is InChI=1S/C20H31N3O3S.ClH/c1-27-12-17(23-18(24)15-4-2-3-5-16(15)19(23)25)20(26)22-8-6-13-10-21-11-14(13)7-9-22;/h13-17,21H,2-12H2,1H3;1H/t13-,14+,15?,16?,17?;. The van der Waals surface area contributed by atoms with E-state index in [0.29, 0.717) is 17.6 Å². The number of rotatable bonds is 4. The first-order chi connectivity index (χ1) is 13.1. The number of carbonyl (C=O) groups is 3. The Kier molecular flexibility index (Phi) is 7.32. The lowest BCUT2D eigenvalue weighted by Gasteiger charge is -2.31. The molecule has 0 aromatic heterocycles. The Balaban J connectivity index is 0.00000225. The fourth-order valence-corrected chi connectivity index (χ4v) is 6.17. The van der Waals surface area contributed by atoms with Gasteiger partial charge >= 0.3 is 0 Å². The number of nitrogens with zero attached hydrogens (tertiary/aromatic N) is 2. The summed E-state index contributed by atoms with van der Waals surface area (Å²) in [5.41, 5.74) is 0. The van der Waals surface area contributed by atoms with Gasteiger partial charge in [-0.1, -0.05) is 12.8 Å². The number of nitrogens with one attached hydrogen (secondary N) is 1. The van der Waals surface area contributed by atoms with Gasteiger partial charge in [0, 0.05) is 18.8 Å². The van der Waals surface area contributed by atoms with Crippen molar-refractivity contribution in [3.05, 3.63) is 0 Å². The molecular weight excluding hydrogens is 398 g/mol. The Morgan fingerprint density at radius 2 is 1.57 bits per heavy atom. The zero-order valence-electron chi connectivity index (χ0n) is 16.6. The van der Waals surface area contributed by atoms with Gasteiger partial charge in [0.25, 0.3) is 0 Å². The minimum atomic E-state index is -0.623. The summed E-state index contributed by atoms with van der Waals surface area (Å²) in [4.78, 5) is 42.7. The molecule has 3 aliphatic heterocycles. The van der Waals surface area contributed by atoms with Crippen LogP contribution in [0.15, 0.2) is 0 Å². The molecule has 6 nitrogen and oxygen atoms in total. The summed E-state index contributed by atoms with van der Waals surface area (Å²) in [6, 6.07) is -0.623. The van der Waals surface area contributed by atoms with Gasteiger partial charge in [-0.05, 0) is 56.9 Å². The Labute approximate surface area is 177 Å². The molecule has 158 valence electrons. The molecule has 1 aliphatic carbocycles. The van der Waals surface area contributed by atoms with Gasteiger partial charge in [0.15, 0.2) is 0 Å². The van der Waals surface area contributed by atoms with Gasteiger partial charge in [-0.3, -0.25) is 19.3 Å². The number of halogens is 1. The molecule has 0 spiro atoms. The van der Waals surface area contributed by atoms with Gasteiger partial charge in [0.1, 0.15) is 6.04 Å². The number of hydrogen-bond acceptors (Lipinski definition) is 5. The van der Waals surface area contributed by atoms with E-state index in [1.54, 1.807) is 11.8 Å². The van der Waals surface area contributed by atoms with Crippen molar-refractivity contribution in [2.24, 2.45) is 23.7 Å². The molecule has 3 saturated heterocycles. The third kappa shape index (κ3) is 3.94. The molecule has 0 aromatic carbocycles. The molecule has 5 atom stereocenters. The molecule has 8 heteroatoms. The van der Waals surface area contributed by atoms with Crippen LogP contribution >= 0.6 is 24.2 Å². The number of likely N-dealkylation sites (tertiary alicyclic amines) is 2. The van der Waals surface area contributed by atoms with E-state index in [4.69, 9.17) is 0 Å². The monoisotopic (exact) mass is 429 g/mol. The van der Waals surface area contributed by atoms with Crippen LogP contribution in [-0.4, -0.2) is 71.8 Å². The summed E-state index contributed by atoms with van der Waals surface area (Å²) in [5.74, 6) is 1.25. The second-order valence-electron chi connectivity index (χ2n) is 8.60. The summed E-state index contributed by atoms with van der Waals surface area (Å²) in [5, 5.41) is 3.46. The van der Waals surface area contributed by atoms with Crippen LogP contribution < -0.4 is 5.32 Å². The number of carbonyl (C=O) groups excluding carboxylic acids is 3. The number of thioether (sulfide) groups is 1. The van der Waals surface area contributed by atoms with Crippen LogP contribution in [0.3, 0.4) is 0 Å². The molecule has 3 amide bonds. The lowest BCUT2D eigenvalue weighted by Crippen LogP contribution is -2.53. The van der Waals surface area contributed by atoms with Crippen LogP contribution in [-0.2, 0) is 14.4 Å². The van der Waals surface area contributed by atoms with Gasteiger partial charge in [0.05, 0.1) is 11.8 Å². The van der Waals surface area contributed by atoms with E-state index < -0.39 is 6.04 Å². The summed E-state index contributed by atoms with van der Waals surface area (Å²) in [6.45, 7) is 3.59. The third-order valence-corrected chi connectivity index (χ3v) is 7.78. The van der Waals surface area contributed by atoms with Crippen molar-refractivity contribution in [2.75, 3.05) is 38.2 Å². The normalized spacial score (nSPS) is 33.8. The average Bonchev–Trinajstić information content (AvgIpc) is 3.16. The van der Waals surface area contributed by atoms with E-state index >= 15 is 0 Å². The molecule has 0 bridgehead atoms. The highest BCUT2D eigenvalue weighted by Crippen LogP contribution is 2.39. The lowest BCUT2D eigenvalue weighted by atomic mass is 9.81. The Hall–Kier alpha value is -0.790. The van der Waals surface area contributed by atoms with Crippen molar-refractivity contribution >= 4 is 41.9 Å². The molecule has 3 heterocycles. The lowest BCUT2D eigenvalue weighted by molar-refractivity contribution is -0.150. The maximum absolute atomic E-state index is 13.4. The van der Waals surface area contributed by atoms with Crippen LogP contribution in [0, 0.1) is 23.7 Å². The fourth-order valence-electron chi connectivity index (χ4n) is 5.56. The van der Waals surface area contributed by atoms with Crippen molar-refractivity contribution in [3.8, 4) is 0 Å². The molecule has 1 N–H and O–H groups in total. The highest BCUT2D eigenvalue weighted by molar-refractivity contribution is 7.98. The van der Waals surface area contributed by atoms with Crippen molar-refractivity contribution < 1.29 is 14.4 Å². The quantitative estimate of drug-likeness (QED) is 0.690. The Bertz CT molecular complexity index is 582. The predicted octanol–water partition coefficient (Wildman–Crippen LogP) is 1.77. The number of fused-ring (bicyclic) bond motifs is 2. The van der Waals surface area contributed by atoms with Gasteiger partial charge in [-0.2, -0.15) is 11.8 Å². The maximum Gasteiger partial charge on any atom is 0.246 e. The summed E-state index contributed by atoms with van der Waals surface area (Å²) >= 11 is 1.54. The van der Waals surface area contributed by atoms with E-state index in [-0.39, 0.29) is 42.0 Å². The van der Waals surface area contributed by atoms with Crippen LogP contribution in [0.4, 0.5) is 0 Å². The van der Waals surface area contributed by atoms with Gasteiger partial charge in [-0.25, -0.2) is 0 Å². The predicted molar refractivity (Wildman–Crippen MR) is 112 cm³/mol. The summed E-state index contributed by atoms with van der Waals surface area (Å²) in [7, 11) is 0. The molecular formula is C20H32ClN3O3S. The van der Waals surface area contributed by atoms with Crippen molar-refractivity contribution in [2.45, 2.75) is 44.6 Å². The van der Waals surface area contributed by atoms with Crippen molar-refractivity contribution in [3.63, 3.8) is 0 Å². The zero-order valence-corrected chi connectivity index (χ0v) is 18.2. The van der Waals surface area contributed by atoms with E-state index in [9.17, 15) is 14.4 Å². The highest BCUT2D eigenvalue weighted by Gasteiger charge is 2.52. The highest BCUT2D eigenvalue weighted by atomic mass is 35.5. The molecule has 1 saturated carbocycles. The van der Waals surface area contributed by atoms with E-state index in [1.807, 2.05) is 11.2 Å². The molecule has 4 fully saturated rings. The minimum absolute atomic E-state index is 0. The first-order valence-corrected chi connectivity index (χ1v) is 11.9. The van der Waals surface area contributed by atoms with Gasteiger partial charge in [0.2, 0.25) is 17.7 Å². The summed E-state index contributed by atoms with van der Waals surface area (Å²) < 4.78 is 0. The molecule has 3 unspecified atom stereocenters. The van der Waals surface area contributed by atoms with Gasteiger partial charge < -0.3 is 10.2 Å². The molecule has 0 aromatic rings. The largest absolute Gasteiger partial charge is 0.341 e. The average molecular weight is 430 g/mol. The molecule has 0 radical (unpaired) electrons. The maximum atomic E-state index is 13.4. The molecule has 4 aliphatic rings. The van der Waals surface area contributed by atoms with Crippen molar-refractivity contribution in [1.29, 1.82) is 0 Å². The molecule has 28 heavy (non-hydrogen) atoms. The Morgan fingerprint density at radius 3 is 2.07 bits per heavy atom. The Morgan fingerprint density at radius 1 is 1.04 bits per heavy atom. The van der Waals surface area contributed by atoms with Crippen LogP contribution in [0.2, 0.25) is 0 Å². The minimum Gasteiger partial charge on any atom is -0.341 e. The third-order valence-electron chi connectivity index (χ3n) is 7.13. The van der Waals surface area contributed by atoms with E-state index in [1.165, 1.54) is 4.90 Å². The second-order valence-corrected chi connectivity index (χ2v) is 9.51. The molecule has 4 rings (SSSR count). The number of hydrogen-bond donors (Lipinski definition) is 1. The zero-order chi connectivity index (χ0) is 19.0. The first-order valence-electron chi connectivity index (χ1n) is 10.5. The number of amides is 3. The first kappa shape index (κ1) is 21.9. The van der Waals surface area contributed by atoms with E-state index in [2.05, 4.69) is 5.32 Å². The second kappa shape index (κ2) is 9.35. The van der Waals surface area contributed by atoms with Gasteiger partial charge in [-0.15, -0.1) is 12.4 Å². The van der Waals surface area contributed by atoms with Crippen molar-refractivity contribution in [1.82, 2.24) is 15.1 Å².